The molecule has 0 aliphatic rings. The third-order valence-corrected chi connectivity index (χ3v) is 4.17. The fourth-order valence-corrected chi connectivity index (χ4v) is 2.64. The summed E-state index contributed by atoms with van der Waals surface area (Å²) < 4.78 is 16.2. The van der Waals surface area contributed by atoms with Gasteiger partial charge in [-0.15, -0.1) is 0 Å². The molecule has 0 fully saturated rings. The second kappa shape index (κ2) is 10.2. The van der Waals surface area contributed by atoms with Crippen LogP contribution in [0.15, 0.2) is 65.2 Å². The molecular weight excluding hydrogens is 370 g/mol. The van der Waals surface area contributed by atoms with Gasteiger partial charge in [0, 0.05) is 17.5 Å². The Balaban J connectivity index is 1.43. The van der Waals surface area contributed by atoms with Gasteiger partial charge in [-0.05, 0) is 30.7 Å². The van der Waals surface area contributed by atoms with Gasteiger partial charge in [0.05, 0.1) is 19.2 Å². The maximum absolute atomic E-state index is 12.2. The highest BCUT2D eigenvalue weighted by Gasteiger charge is 2.12. The minimum Gasteiger partial charge on any atom is -0.494 e. The van der Waals surface area contributed by atoms with E-state index in [1.807, 2.05) is 37.3 Å². The van der Waals surface area contributed by atoms with Crippen molar-refractivity contribution in [3.63, 3.8) is 0 Å². The zero-order valence-electron chi connectivity index (χ0n) is 16.3. The highest BCUT2D eigenvalue weighted by atomic mass is 16.5. The molecule has 0 spiro atoms. The number of oxazole rings is 1. The van der Waals surface area contributed by atoms with Gasteiger partial charge in [0.2, 0.25) is 5.89 Å². The van der Waals surface area contributed by atoms with Gasteiger partial charge < -0.3 is 13.9 Å². The fourth-order valence-electron chi connectivity index (χ4n) is 2.64. The van der Waals surface area contributed by atoms with Crippen molar-refractivity contribution in [1.29, 1.82) is 0 Å². The van der Waals surface area contributed by atoms with Crippen molar-refractivity contribution >= 4 is 11.8 Å². The maximum atomic E-state index is 12.2. The number of ketones is 1. The van der Waals surface area contributed by atoms with Gasteiger partial charge in [-0.3, -0.25) is 9.59 Å². The van der Waals surface area contributed by atoms with Gasteiger partial charge in [-0.1, -0.05) is 37.3 Å². The summed E-state index contributed by atoms with van der Waals surface area (Å²) in [6, 6.07) is 16.5. The summed E-state index contributed by atoms with van der Waals surface area (Å²) in [5.41, 5.74) is 1.44. The Morgan fingerprint density at radius 2 is 1.76 bits per heavy atom. The molecule has 6 heteroatoms. The molecule has 1 heterocycles. The first-order valence-electron chi connectivity index (χ1n) is 9.57. The molecule has 1 aromatic heterocycles. The highest BCUT2D eigenvalue weighted by molar-refractivity contribution is 5.97. The maximum Gasteiger partial charge on any atom is 0.306 e. The molecule has 0 amide bonds. The second-order valence-corrected chi connectivity index (χ2v) is 6.44. The highest BCUT2D eigenvalue weighted by Crippen LogP contribution is 2.20. The van der Waals surface area contributed by atoms with E-state index in [4.69, 9.17) is 13.9 Å². The van der Waals surface area contributed by atoms with E-state index in [2.05, 4.69) is 4.98 Å². The topological polar surface area (TPSA) is 78.6 Å². The quantitative estimate of drug-likeness (QED) is 0.362. The number of hydrogen-bond donors (Lipinski definition) is 0. The SMILES string of the molecule is CCCOc1ccc(C(=O)CCC(=O)OCc2ncc(-c3ccccc3)o2)cc1. The van der Waals surface area contributed by atoms with E-state index in [0.717, 1.165) is 17.7 Å². The Kier molecular flexibility index (Phi) is 7.16. The normalized spacial score (nSPS) is 10.5. The Hall–Kier alpha value is -3.41. The largest absolute Gasteiger partial charge is 0.494 e. The van der Waals surface area contributed by atoms with E-state index in [-0.39, 0.29) is 25.2 Å². The predicted molar refractivity (Wildman–Crippen MR) is 108 cm³/mol. The lowest BCUT2D eigenvalue weighted by Crippen LogP contribution is -2.08. The van der Waals surface area contributed by atoms with Crippen LogP contribution in [0.5, 0.6) is 5.75 Å². The van der Waals surface area contributed by atoms with Crippen molar-refractivity contribution in [3.05, 3.63) is 72.2 Å². The molecule has 150 valence electrons. The summed E-state index contributed by atoms with van der Waals surface area (Å²) in [6.45, 7) is 2.60. The van der Waals surface area contributed by atoms with Gasteiger partial charge in [-0.25, -0.2) is 4.98 Å². The Morgan fingerprint density at radius 1 is 1.00 bits per heavy atom. The summed E-state index contributed by atoms with van der Waals surface area (Å²) in [4.78, 5) is 28.3. The van der Waals surface area contributed by atoms with Crippen molar-refractivity contribution in [1.82, 2.24) is 4.98 Å². The molecule has 3 aromatic rings. The van der Waals surface area contributed by atoms with Crippen LogP contribution < -0.4 is 4.74 Å². The van der Waals surface area contributed by atoms with Crippen LogP contribution in [0.2, 0.25) is 0 Å². The zero-order valence-corrected chi connectivity index (χ0v) is 16.3. The average Bonchev–Trinajstić information content (AvgIpc) is 3.24. The molecule has 0 saturated carbocycles. The number of nitrogens with zero attached hydrogens (tertiary/aromatic N) is 1. The molecule has 2 aromatic carbocycles. The predicted octanol–water partition coefficient (Wildman–Crippen LogP) is 4.84. The van der Waals surface area contributed by atoms with E-state index in [1.165, 1.54) is 0 Å². The van der Waals surface area contributed by atoms with Crippen LogP contribution in [0.25, 0.3) is 11.3 Å². The number of carbonyl (C=O) groups is 2. The Morgan fingerprint density at radius 3 is 2.48 bits per heavy atom. The summed E-state index contributed by atoms with van der Waals surface area (Å²) in [7, 11) is 0. The first-order valence-corrected chi connectivity index (χ1v) is 9.57. The van der Waals surface area contributed by atoms with E-state index >= 15 is 0 Å². The standard InChI is InChI=1S/C23H23NO5/c1-2-14-27-19-10-8-17(9-11-19)20(25)12-13-23(26)28-16-22-24-15-21(29-22)18-6-4-3-5-7-18/h3-11,15H,2,12-14,16H2,1H3. The zero-order chi connectivity index (χ0) is 20.5. The van der Waals surface area contributed by atoms with Crippen molar-refractivity contribution in [2.45, 2.75) is 32.8 Å². The summed E-state index contributed by atoms with van der Waals surface area (Å²) in [6.07, 6.45) is 2.59. The van der Waals surface area contributed by atoms with E-state index < -0.39 is 5.97 Å². The lowest BCUT2D eigenvalue weighted by Gasteiger charge is -2.06. The fraction of sp³-hybridized carbons (Fsp3) is 0.261. The molecule has 0 bridgehead atoms. The first kappa shape index (κ1) is 20.3. The number of carbonyl (C=O) groups excluding carboxylic acids is 2. The van der Waals surface area contributed by atoms with Crippen molar-refractivity contribution in [2.24, 2.45) is 0 Å². The molecule has 0 saturated heterocycles. The summed E-state index contributed by atoms with van der Waals surface area (Å²) in [5.74, 6) is 1.06. The number of ether oxygens (including phenoxy) is 2. The second-order valence-electron chi connectivity index (χ2n) is 6.44. The summed E-state index contributed by atoms with van der Waals surface area (Å²) in [5, 5.41) is 0. The van der Waals surface area contributed by atoms with Crippen molar-refractivity contribution in [2.75, 3.05) is 6.61 Å². The van der Waals surface area contributed by atoms with Crippen LogP contribution in [-0.2, 0) is 16.1 Å². The van der Waals surface area contributed by atoms with E-state index in [0.29, 0.717) is 23.8 Å². The lowest BCUT2D eigenvalue weighted by molar-refractivity contribution is -0.145. The van der Waals surface area contributed by atoms with Gasteiger partial charge >= 0.3 is 5.97 Å². The van der Waals surface area contributed by atoms with Crippen molar-refractivity contribution in [3.8, 4) is 17.1 Å². The van der Waals surface area contributed by atoms with Gasteiger partial charge in [-0.2, -0.15) is 0 Å². The number of aromatic nitrogens is 1. The molecule has 29 heavy (non-hydrogen) atoms. The van der Waals surface area contributed by atoms with Gasteiger partial charge in [0.1, 0.15) is 5.75 Å². The third kappa shape index (κ3) is 6.04. The Labute approximate surface area is 169 Å². The minimum absolute atomic E-state index is 0.000823. The van der Waals surface area contributed by atoms with Crippen LogP contribution in [-0.4, -0.2) is 23.3 Å². The molecular formula is C23H23NO5. The third-order valence-electron chi connectivity index (χ3n) is 4.17. The molecule has 0 radical (unpaired) electrons. The Bertz CT molecular complexity index is 931. The van der Waals surface area contributed by atoms with E-state index in [9.17, 15) is 9.59 Å². The molecule has 0 atom stereocenters. The number of esters is 1. The monoisotopic (exact) mass is 393 g/mol. The number of hydrogen-bond acceptors (Lipinski definition) is 6. The molecule has 0 unspecified atom stereocenters. The van der Waals surface area contributed by atoms with Crippen LogP contribution in [0, 0.1) is 0 Å². The molecule has 0 aliphatic carbocycles. The first-order chi connectivity index (χ1) is 14.2. The lowest BCUT2D eigenvalue weighted by atomic mass is 10.1. The smallest absolute Gasteiger partial charge is 0.306 e. The number of Topliss-reactive ketones (excluding diaryl/α,β-unsaturated/α-hetero) is 1. The molecule has 0 aliphatic heterocycles. The van der Waals surface area contributed by atoms with Gasteiger partial charge in [0.15, 0.2) is 18.2 Å². The average molecular weight is 393 g/mol. The van der Waals surface area contributed by atoms with Crippen LogP contribution in [0.1, 0.15) is 42.4 Å². The minimum atomic E-state index is -0.472. The van der Waals surface area contributed by atoms with Gasteiger partial charge in [0.25, 0.3) is 0 Å². The summed E-state index contributed by atoms with van der Waals surface area (Å²) >= 11 is 0. The van der Waals surface area contributed by atoms with E-state index in [1.54, 1.807) is 30.5 Å². The molecule has 6 nitrogen and oxygen atoms in total. The number of benzene rings is 2. The number of rotatable bonds is 10. The van der Waals surface area contributed by atoms with Crippen LogP contribution >= 0.6 is 0 Å². The van der Waals surface area contributed by atoms with Crippen LogP contribution in [0.3, 0.4) is 0 Å². The molecule has 3 rings (SSSR count). The molecule has 0 N–H and O–H groups in total. The van der Waals surface area contributed by atoms with Crippen molar-refractivity contribution < 1.29 is 23.5 Å². The van der Waals surface area contributed by atoms with Crippen LogP contribution in [0.4, 0.5) is 0 Å².